The van der Waals surface area contributed by atoms with E-state index in [1.165, 1.54) is 11.8 Å². The van der Waals surface area contributed by atoms with Gasteiger partial charge in [-0.1, -0.05) is 84.6 Å². The molecule has 0 spiro atoms. The van der Waals surface area contributed by atoms with Crippen molar-refractivity contribution in [2.24, 2.45) is 0 Å². The van der Waals surface area contributed by atoms with Crippen LogP contribution in [0.25, 0.3) is 16.7 Å². The number of benzene rings is 3. The molecule has 0 saturated heterocycles. The number of para-hydroxylation sites is 1. The Labute approximate surface area is 200 Å². The number of rotatable bonds is 7. The number of carbonyl (C=O) groups excluding carboxylic acids is 1. The number of carbonyl (C=O) groups is 1. The Morgan fingerprint density at radius 1 is 0.912 bits per heavy atom. The molecular formula is C26H23N5O2S. The Morgan fingerprint density at radius 3 is 2.29 bits per heavy atom. The summed E-state index contributed by atoms with van der Waals surface area (Å²) in [7, 11) is 0. The van der Waals surface area contributed by atoms with Crippen LogP contribution in [0, 0.1) is 0 Å². The Hall–Kier alpha value is -3.91. The van der Waals surface area contributed by atoms with E-state index in [-0.39, 0.29) is 11.5 Å². The molecule has 1 amide bonds. The molecule has 0 aliphatic carbocycles. The molecule has 0 aliphatic rings. The molecular weight excluding hydrogens is 446 g/mol. The lowest BCUT2D eigenvalue weighted by molar-refractivity contribution is -0.120. The number of hydrogen-bond donors (Lipinski definition) is 1. The van der Waals surface area contributed by atoms with Crippen molar-refractivity contribution in [2.45, 2.75) is 30.4 Å². The van der Waals surface area contributed by atoms with Gasteiger partial charge in [-0.2, -0.15) is 0 Å². The third-order valence-corrected chi connectivity index (χ3v) is 6.67. The highest BCUT2D eigenvalue weighted by Gasteiger charge is 2.21. The quantitative estimate of drug-likeness (QED) is 0.366. The van der Waals surface area contributed by atoms with E-state index in [2.05, 4.69) is 15.5 Å². The topological polar surface area (TPSA) is 81.3 Å². The maximum absolute atomic E-state index is 13.3. The minimum atomic E-state index is -0.399. The van der Waals surface area contributed by atoms with Crippen LogP contribution < -0.4 is 10.9 Å². The first kappa shape index (κ1) is 21.9. The van der Waals surface area contributed by atoms with Crippen molar-refractivity contribution in [2.75, 3.05) is 0 Å². The third-order valence-electron chi connectivity index (χ3n) is 5.62. The predicted octanol–water partition coefficient (Wildman–Crippen LogP) is 3.89. The normalized spacial score (nSPS) is 12.1. The molecule has 8 heteroatoms. The average Bonchev–Trinajstić information content (AvgIpc) is 3.29. The summed E-state index contributed by atoms with van der Waals surface area (Å²) in [5, 5.41) is 12.4. The van der Waals surface area contributed by atoms with Crippen LogP contribution in [0.1, 0.15) is 18.1 Å². The van der Waals surface area contributed by atoms with Gasteiger partial charge in [-0.3, -0.25) is 18.6 Å². The lowest BCUT2D eigenvalue weighted by atomic mass is 10.2. The lowest BCUT2D eigenvalue weighted by Gasteiger charge is -2.13. The van der Waals surface area contributed by atoms with E-state index in [0.717, 1.165) is 16.6 Å². The number of nitrogens with zero attached hydrogens (tertiary/aromatic N) is 4. The van der Waals surface area contributed by atoms with Crippen LogP contribution in [0.15, 0.2) is 94.9 Å². The maximum Gasteiger partial charge on any atom is 0.263 e. The number of hydrogen-bond acceptors (Lipinski definition) is 5. The summed E-state index contributed by atoms with van der Waals surface area (Å²) in [5.41, 5.74) is 2.63. The van der Waals surface area contributed by atoms with Crippen molar-refractivity contribution in [3.63, 3.8) is 0 Å². The van der Waals surface area contributed by atoms with E-state index < -0.39 is 5.25 Å². The zero-order chi connectivity index (χ0) is 23.5. The molecule has 0 aliphatic heterocycles. The van der Waals surface area contributed by atoms with E-state index in [1.807, 2.05) is 96.3 Å². The SMILES string of the molecule is CC(Sc1nnc2n(Cc3ccccc3)c(=O)c3ccccc3n12)C(=O)NCc1ccccc1. The molecule has 0 fully saturated rings. The Morgan fingerprint density at radius 2 is 1.56 bits per heavy atom. The van der Waals surface area contributed by atoms with Crippen LogP contribution in [0.2, 0.25) is 0 Å². The van der Waals surface area contributed by atoms with E-state index in [4.69, 9.17) is 0 Å². The average molecular weight is 470 g/mol. The monoisotopic (exact) mass is 469 g/mol. The number of amides is 1. The Kier molecular flexibility index (Phi) is 6.14. The molecule has 1 unspecified atom stereocenters. The van der Waals surface area contributed by atoms with Gasteiger partial charge in [0, 0.05) is 6.54 Å². The van der Waals surface area contributed by atoms with Gasteiger partial charge in [0.2, 0.25) is 11.7 Å². The first-order valence-electron chi connectivity index (χ1n) is 11.0. The number of thioether (sulfide) groups is 1. The van der Waals surface area contributed by atoms with Crippen LogP contribution in [0.3, 0.4) is 0 Å². The fraction of sp³-hybridized carbons (Fsp3) is 0.154. The molecule has 3 aromatic carbocycles. The highest BCUT2D eigenvalue weighted by atomic mass is 32.2. The summed E-state index contributed by atoms with van der Waals surface area (Å²) in [5.74, 6) is 0.361. The predicted molar refractivity (Wildman–Crippen MR) is 134 cm³/mol. The molecule has 0 bridgehead atoms. The standard InChI is InChI=1S/C26H23N5O2S/c1-18(23(32)27-16-19-10-4-2-5-11-19)34-26-29-28-25-30(17-20-12-6-3-7-13-20)24(33)21-14-8-9-15-22(21)31(25)26/h2-15,18H,16-17H2,1H3,(H,27,32). The Bertz CT molecular complexity index is 1510. The van der Waals surface area contributed by atoms with E-state index in [0.29, 0.717) is 29.4 Å². The van der Waals surface area contributed by atoms with Crippen molar-refractivity contribution in [1.82, 2.24) is 24.5 Å². The molecule has 34 heavy (non-hydrogen) atoms. The second-order valence-corrected chi connectivity index (χ2v) is 9.28. The number of fused-ring (bicyclic) bond motifs is 3. The fourth-order valence-electron chi connectivity index (χ4n) is 3.86. The first-order chi connectivity index (χ1) is 16.6. The van der Waals surface area contributed by atoms with Gasteiger partial charge >= 0.3 is 0 Å². The molecule has 5 aromatic rings. The van der Waals surface area contributed by atoms with E-state index in [1.54, 1.807) is 4.57 Å². The van der Waals surface area contributed by atoms with Crippen molar-refractivity contribution in [3.05, 3.63) is 106 Å². The van der Waals surface area contributed by atoms with Crippen molar-refractivity contribution in [1.29, 1.82) is 0 Å². The molecule has 7 nitrogen and oxygen atoms in total. The Balaban J connectivity index is 1.49. The van der Waals surface area contributed by atoms with E-state index in [9.17, 15) is 9.59 Å². The van der Waals surface area contributed by atoms with Gasteiger partial charge in [-0.25, -0.2) is 0 Å². The summed E-state index contributed by atoms with van der Waals surface area (Å²) >= 11 is 1.32. The van der Waals surface area contributed by atoms with Crippen LogP contribution in [0.4, 0.5) is 0 Å². The zero-order valence-electron chi connectivity index (χ0n) is 18.6. The second kappa shape index (κ2) is 9.52. The van der Waals surface area contributed by atoms with Crippen molar-refractivity contribution in [3.8, 4) is 0 Å². The minimum Gasteiger partial charge on any atom is -0.351 e. The van der Waals surface area contributed by atoms with Gasteiger partial charge in [0.05, 0.1) is 22.7 Å². The molecule has 5 rings (SSSR count). The van der Waals surface area contributed by atoms with Crippen LogP contribution >= 0.6 is 11.8 Å². The largest absolute Gasteiger partial charge is 0.351 e. The van der Waals surface area contributed by atoms with Gasteiger partial charge in [0.25, 0.3) is 5.56 Å². The summed E-state index contributed by atoms with van der Waals surface area (Å²) in [6.45, 7) is 2.68. The van der Waals surface area contributed by atoms with Crippen molar-refractivity contribution < 1.29 is 4.79 Å². The van der Waals surface area contributed by atoms with Gasteiger partial charge < -0.3 is 5.32 Å². The first-order valence-corrected chi connectivity index (χ1v) is 11.9. The third kappa shape index (κ3) is 4.32. The van der Waals surface area contributed by atoms with Crippen molar-refractivity contribution >= 4 is 34.3 Å². The highest BCUT2D eigenvalue weighted by molar-refractivity contribution is 8.00. The zero-order valence-corrected chi connectivity index (χ0v) is 19.4. The molecule has 0 radical (unpaired) electrons. The molecule has 2 heterocycles. The van der Waals surface area contributed by atoms with Crippen LogP contribution in [-0.4, -0.2) is 30.3 Å². The number of aromatic nitrogens is 4. The lowest BCUT2D eigenvalue weighted by Crippen LogP contribution is -2.30. The highest BCUT2D eigenvalue weighted by Crippen LogP contribution is 2.25. The molecule has 1 N–H and O–H groups in total. The van der Waals surface area contributed by atoms with Gasteiger partial charge in [0.15, 0.2) is 5.16 Å². The number of nitrogens with one attached hydrogen (secondary N) is 1. The van der Waals surface area contributed by atoms with Crippen LogP contribution in [0.5, 0.6) is 0 Å². The van der Waals surface area contributed by atoms with Crippen LogP contribution in [-0.2, 0) is 17.9 Å². The second-order valence-electron chi connectivity index (χ2n) is 7.98. The minimum absolute atomic E-state index is 0.0903. The molecule has 2 aromatic heterocycles. The summed E-state index contributed by atoms with van der Waals surface area (Å²) in [6, 6.07) is 27.0. The van der Waals surface area contributed by atoms with Gasteiger partial charge in [-0.05, 0) is 30.2 Å². The molecule has 170 valence electrons. The molecule has 0 saturated carbocycles. The maximum atomic E-state index is 13.3. The van der Waals surface area contributed by atoms with E-state index >= 15 is 0 Å². The summed E-state index contributed by atoms with van der Waals surface area (Å²) in [6.07, 6.45) is 0. The fourth-order valence-corrected chi connectivity index (χ4v) is 4.74. The van der Waals surface area contributed by atoms with Gasteiger partial charge in [0.1, 0.15) is 0 Å². The molecule has 1 atom stereocenters. The summed E-state index contributed by atoms with van der Waals surface area (Å²) in [4.78, 5) is 26.1. The summed E-state index contributed by atoms with van der Waals surface area (Å²) < 4.78 is 3.50. The smallest absolute Gasteiger partial charge is 0.263 e. The van der Waals surface area contributed by atoms with Gasteiger partial charge in [-0.15, -0.1) is 10.2 Å².